The number of hydrogen-bond donors (Lipinski definition) is 1. The van der Waals surface area contributed by atoms with Crippen LogP contribution in [0.5, 0.6) is 0 Å². The van der Waals surface area contributed by atoms with Crippen molar-refractivity contribution >= 4 is 16.9 Å². The average Bonchev–Trinajstić information content (AvgIpc) is 2.99. The highest BCUT2D eigenvalue weighted by Gasteiger charge is 2.34. The summed E-state index contributed by atoms with van der Waals surface area (Å²) in [5.74, 6) is -0.727. The molecule has 2 aromatic heterocycles. The number of nitrogens with zero attached hydrogens (tertiary/aromatic N) is 2. The maximum atomic E-state index is 13.0. The summed E-state index contributed by atoms with van der Waals surface area (Å²) in [7, 11) is 0. The molecule has 1 aromatic carbocycles. The molecule has 0 aliphatic heterocycles. The quantitative estimate of drug-likeness (QED) is 0.745. The Hall–Kier alpha value is -2.83. The number of aryl methyl sites for hydroxylation is 1. The fourth-order valence-electron chi connectivity index (χ4n) is 2.97. The molecule has 4 nitrogen and oxygen atoms in total. The highest BCUT2D eigenvalue weighted by molar-refractivity contribution is 5.95. The number of carbonyl (C=O) groups excluding carboxylic acids is 1. The van der Waals surface area contributed by atoms with Gasteiger partial charge in [-0.25, -0.2) is 4.98 Å². The van der Waals surface area contributed by atoms with Gasteiger partial charge >= 0.3 is 6.18 Å². The lowest BCUT2D eigenvalue weighted by Crippen LogP contribution is -2.28. The lowest BCUT2D eigenvalue weighted by atomic mass is 10.1. The van der Waals surface area contributed by atoms with Crippen LogP contribution in [0.25, 0.3) is 11.0 Å². The summed E-state index contributed by atoms with van der Waals surface area (Å²) in [6, 6.07) is 8.58. The molecule has 0 aliphatic rings. The van der Waals surface area contributed by atoms with E-state index in [4.69, 9.17) is 0 Å². The zero-order chi connectivity index (χ0) is 18.7. The second kappa shape index (κ2) is 7.19. The topological polar surface area (TPSA) is 46.9 Å². The molecule has 0 saturated heterocycles. The maximum absolute atomic E-state index is 13.0. The third kappa shape index (κ3) is 3.56. The molecule has 26 heavy (non-hydrogen) atoms. The predicted octanol–water partition coefficient (Wildman–Crippen LogP) is 4.05. The van der Waals surface area contributed by atoms with E-state index < -0.39 is 17.6 Å². The molecule has 0 atom stereocenters. The van der Waals surface area contributed by atoms with Crippen LogP contribution in [0.15, 0.2) is 48.8 Å². The first-order valence-corrected chi connectivity index (χ1v) is 8.29. The van der Waals surface area contributed by atoms with E-state index in [2.05, 4.69) is 10.3 Å². The number of amides is 1. The molecule has 0 unspecified atom stereocenters. The monoisotopic (exact) mass is 361 g/mol. The van der Waals surface area contributed by atoms with Crippen LogP contribution >= 0.6 is 0 Å². The van der Waals surface area contributed by atoms with Crippen LogP contribution in [0, 0.1) is 0 Å². The SMILES string of the molecule is CCn1cc(CCNC(=O)c2ccccc2C(F)(F)F)c2cccnc21. The van der Waals surface area contributed by atoms with Crippen LogP contribution in [-0.4, -0.2) is 22.0 Å². The van der Waals surface area contributed by atoms with Gasteiger partial charge < -0.3 is 9.88 Å². The molecular weight excluding hydrogens is 343 g/mol. The number of pyridine rings is 1. The Labute approximate surface area is 148 Å². The molecule has 0 saturated carbocycles. The number of benzene rings is 1. The molecule has 2 heterocycles. The number of aromatic nitrogens is 2. The molecule has 0 fully saturated rings. The van der Waals surface area contributed by atoms with E-state index in [1.807, 2.05) is 29.8 Å². The van der Waals surface area contributed by atoms with E-state index in [1.54, 1.807) is 6.20 Å². The van der Waals surface area contributed by atoms with Gasteiger partial charge in [0, 0.05) is 30.9 Å². The molecule has 3 rings (SSSR count). The second-order valence-electron chi connectivity index (χ2n) is 5.86. The number of alkyl halides is 3. The summed E-state index contributed by atoms with van der Waals surface area (Å²) in [6.07, 6.45) is -0.370. The van der Waals surface area contributed by atoms with Gasteiger partial charge in [-0.2, -0.15) is 13.2 Å². The largest absolute Gasteiger partial charge is 0.417 e. The van der Waals surface area contributed by atoms with Crippen LogP contribution in [0.3, 0.4) is 0 Å². The van der Waals surface area contributed by atoms with Crippen LogP contribution in [0.4, 0.5) is 13.2 Å². The third-order valence-corrected chi connectivity index (χ3v) is 4.21. The Morgan fingerprint density at radius 2 is 1.96 bits per heavy atom. The average molecular weight is 361 g/mol. The predicted molar refractivity (Wildman–Crippen MR) is 92.9 cm³/mol. The van der Waals surface area contributed by atoms with E-state index in [-0.39, 0.29) is 12.1 Å². The van der Waals surface area contributed by atoms with Gasteiger partial charge in [0.2, 0.25) is 0 Å². The van der Waals surface area contributed by atoms with Crippen LogP contribution in [0.1, 0.15) is 28.4 Å². The summed E-state index contributed by atoms with van der Waals surface area (Å²) in [5.41, 5.74) is 0.569. The summed E-state index contributed by atoms with van der Waals surface area (Å²) in [4.78, 5) is 16.6. The molecule has 0 bridgehead atoms. The van der Waals surface area contributed by atoms with Crippen molar-refractivity contribution < 1.29 is 18.0 Å². The molecule has 3 aromatic rings. The summed E-state index contributed by atoms with van der Waals surface area (Å²) in [6.45, 7) is 3.01. The van der Waals surface area contributed by atoms with Crippen molar-refractivity contribution in [1.29, 1.82) is 0 Å². The van der Waals surface area contributed by atoms with Crippen molar-refractivity contribution in [2.45, 2.75) is 26.1 Å². The van der Waals surface area contributed by atoms with Crippen molar-refractivity contribution in [3.8, 4) is 0 Å². The van der Waals surface area contributed by atoms with Crippen LogP contribution in [-0.2, 0) is 19.1 Å². The van der Waals surface area contributed by atoms with Crippen molar-refractivity contribution in [3.63, 3.8) is 0 Å². The van der Waals surface area contributed by atoms with Gasteiger partial charge in [-0.05, 0) is 43.2 Å². The molecule has 136 valence electrons. The second-order valence-corrected chi connectivity index (χ2v) is 5.86. The Morgan fingerprint density at radius 3 is 2.69 bits per heavy atom. The number of fused-ring (bicyclic) bond motifs is 1. The summed E-state index contributed by atoms with van der Waals surface area (Å²) in [5, 5.41) is 3.57. The van der Waals surface area contributed by atoms with Gasteiger partial charge in [-0.3, -0.25) is 4.79 Å². The minimum Gasteiger partial charge on any atom is -0.352 e. The molecule has 7 heteroatoms. The smallest absolute Gasteiger partial charge is 0.352 e. The van der Waals surface area contributed by atoms with Crippen LogP contribution in [0.2, 0.25) is 0 Å². The molecule has 0 radical (unpaired) electrons. The number of rotatable bonds is 5. The van der Waals surface area contributed by atoms with Crippen molar-refractivity contribution in [3.05, 3.63) is 65.5 Å². The third-order valence-electron chi connectivity index (χ3n) is 4.21. The minimum absolute atomic E-state index is 0.239. The Morgan fingerprint density at radius 1 is 1.19 bits per heavy atom. The van der Waals surface area contributed by atoms with Gasteiger partial charge in [0.15, 0.2) is 0 Å². The number of carbonyl (C=O) groups is 1. The van der Waals surface area contributed by atoms with E-state index in [0.29, 0.717) is 6.42 Å². The minimum atomic E-state index is -4.56. The molecular formula is C19H18F3N3O. The summed E-state index contributed by atoms with van der Waals surface area (Å²) >= 11 is 0. The first-order valence-electron chi connectivity index (χ1n) is 8.29. The van der Waals surface area contributed by atoms with Crippen LogP contribution < -0.4 is 5.32 Å². The normalized spacial score (nSPS) is 11.7. The van der Waals surface area contributed by atoms with Crippen molar-refractivity contribution in [1.82, 2.24) is 14.9 Å². The van der Waals surface area contributed by atoms with Crippen molar-refractivity contribution in [2.24, 2.45) is 0 Å². The van der Waals surface area contributed by atoms with Gasteiger partial charge in [0.1, 0.15) is 5.65 Å². The first-order chi connectivity index (χ1) is 12.4. The van der Waals surface area contributed by atoms with Gasteiger partial charge in [-0.15, -0.1) is 0 Å². The van der Waals surface area contributed by atoms with Crippen molar-refractivity contribution in [2.75, 3.05) is 6.54 Å². The summed E-state index contributed by atoms with van der Waals surface area (Å²) < 4.78 is 41.1. The van der Waals surface area contributed by atoms with Gasteiger partial charge in [-0.1, -0.05) is 12.1 Å². The fraction of sp³-hybridized carbons (Fsp3) is 0.263. The lowest BCUT2D eigenvalue weighted by Gasteiger charge is -2.12. The molecule has 0 spiro atoms. The number of hydrogen-bond acceptors (Lipinski definition) is 2. The standard InChI is InChI=1S/C19H18F3N3O/c1-2-25-12-13(14-7-5-10-23-17(14)25)9-11-24-18(26)15-6-3-4-8-16(15)19(20,21)22/h3-8,10,12H,2,9,11H2,1H3,(H,24,26). The maximum Gasteiger partial charge on any atom is 0.417 e. The highest BCUT2D eigenvalue weighted by atomic mass is 19.4. The zero-order valence-corrected chi connectivity index (χ0v) is 14.2. The van der Waals surface area contributed by atoms with E-state index >= 15 is 0 Å². The Bertz CT molecular complexity index is 931. The lowest BCUT2D eigenvalue weighted by molar-refractivity contribution is -0.137. The van der Waals surface area contributed by atoms with E-state index in [0.717, 1.165) is 29.2 Å². The van der Waals surface area contributed by atoms with E-state index in [1.165, 1.54) is 18.2 Å². The Balaban J connectivity index is 1.73. The highest BCUT2D eigenvalue weighted by Crippen LogP contribution is 2.31. The van der Waals surface area contributed by atoms with E-state index in [9.17, 15) is 18.0 Å². The fourth-order valence-corrected chi connectivity index (χ4v) is 2.97. The van der Waals surface area contributed by atoms with Gasteiger partial charge in [0.05, 0.1) is 11.1 Å². The zero-order valence-electron chi connectivity index (χ0n) is 14.2. The molecule has 1 amide bonds. The first kappa shape index (κ1) is 18.0. The number of nitrogens with one attached hydrogen (secondary N) is 1. The van der Waals surface area contributed by atoms with Gasteiger partial charge in [0.25, 0.3) is 5.91 Å². The number of halogens is 3. The molecule has 1 N–H and O–H groups in total. The molecule has 0 aliphatic carbocycles. The Kier molecular flexibility index (Phi) is 4.97.